The molecule has 26 heavy (non-hydrogen) atoms. The van der Waals surface area contributed by atoms with Crippen LogP contribution in [0.25, 0.3) is 5.69 Å². The van der Waals surface area contributed by atoms with Gasteiger partial charge in [0.25, 0.3) is 0 Å². The summed E-state index contributed by atoms with van der Waals surface area (Å²) in [5.41, 5.74) is 2.06. The standard InChI is InChI=1S/C15H18ClN3O.C6H6/c1-11(15-10-17-7-9-20-15)14-6-8-19(18-14)13-4-2-12(16)3-5-13;1-2-4-6-5-3-1/h2-6,8,11,15,17H,7,9-10H2,1H3;1-6H. The number of morpholine rings is 1. The number of rotatable bonds is 3. The molecule has 1 aliphatic rings. The van der Waals surface area contributed by atoms with E-state index < -0.39 is 0 Å². The molecule has 1 fully saturated rings. The minimum atomic E-state index is 0.192. The lowest BCUT2D eigenvalue weighted by Crippen LogP contribution is -2.41. The summed E-state index contributed by atoms with van der Waals surface area (Å²) in [7, 11) is 0. The number of hydrogen-bond acceptors (Lipinski definition) is 3. The average Bonchev–Trinajstić information content (AvgIpc) is 3.21. The van der Waals surface area contributed by atoms with Crippen molar-refractivity contribution in [2.45, 2.75) is 18.9 Å². The average molecular weight is 370 g/mol. The van der Waals surface area contributed by atoms with Gasteiger partial charge in [-0.25, -0.2) is 4.68 Å². The Labute approximate surface area is 159 Å². The Kier molecular flexibility index (Phi) is 6.83. The van der Waals surface area contributed by atoms with Crippen LogP contribution in [0.3, 0.4) is 0 Å². The Morgan fingerprint density at radius 3 is 2.31 bits per heavy atom. The Hall–Kier alpha value is -2.14. The summed E-state index contributed by atoms with van der Waals surface area (Å²) in [6.45, 7) is 4.75. The Morgan fingerprint density at radius 1 is 1.08 bits per heavy atom. The highest BCUT2D eigenvalue weighted by Gasteiger charge is 2.23. The zero-order chi connectivity index (χ0) is 18.2. The number of nitrogens with zero attached hydrogens (tertiary/aromatic N) is 2. The molecule has 136 valence electrons. The first-order valence-corrected chi connectivity index (χ1v) is 9.25. The van der Waals surface area contributed by atoms with Crippen molar-refractivity contribution in [2.75, 3.05) is 19.7 Å². The van der Waals surface area contributed by atoms with E-state index in [1.165, 1.54) is 0 Å². The van der Waals surface area contributed by atoms with Crippen molar-refractivity contribution in [3.8, 4) is 5.69 Å². The van der Waals surface area contributed by atoms with Crippen LogP contribution >= 0.6 is 11.6 Å². The van der Waals surface area contributed by atoms with Crippen LogP contribution in [0, 0.1) is 0 Å². The molecule has 0 radical (unpaired) electrons. The van der Waals surface area contributed by atoms with Gasteiger partial charge in [-0.15, -0.1) is 0 Å². The lowest BCUT2D eigenvalue weighted by Gasteiger charge is -2.27. The van der Waals surface area contributed by atoms with Crippen LogP contribution in [-0.4, -0.2) is 35.6 Å². The van der Waals surface area contributed by atoms with Gasteiger partial charge < -0.3 is 10.1 Å². The van der Waals surface area contributed by atoms with E-state index in [1.807, 2.05) is 71.5 Å². The lowest BCUT2D eigenvalue weighted by molar-refractivity contribution is 0.0138. The van der Waals surface area contributed by atoms with Crippen LogP contribution in [0.15, 0.2) is 72.9 Å². The van der Waals surface area contributed by atoms with Gasteiger partial charge in [0.05, 0.1) is 24.1 Å². The highest BCUT2D eigenvalue weighted by atomic mass is 35.5. The fourth-order valence-corrected chi connectivity index (χ4v) is 2.93. The van der Waals surface area contributed by atoms with E-state index in [2.05, 4.69) is 23.4 Å². The third kappa shape index (κ3) is 5.18. The van der Waals surface area contributed by atoms with Crippen LogP contribution < -0.4 is 5.32 Å². The number of hydrogen-bond donors (Lipinski definition) is 1. The minimum Gasteiger partial charge on any atom is -0.375 e. The quantitative estimate of drug-likeness (QED) is 0.748. The van der Waals surface area contributed by atoms with E-state index in [0.29, 0.717) is 0 Å². The SMILES string of the molecule is CC(c1ccn(-c2ccc(Cl)cc2)n1)C1CNCCO1.c1ccccc1. The van der Waals surface area contributed by atoms with Crippen molar-refractivity contribution in [2.24, 2.45) is 0 Å². The molecule has 2 heterocycles. The molecule has 1 saturated heterocycles. The fourth-order valence-electron chi connectivity index (χ4n) is 2.80. The highest BCUT2D eigenvalue weighted by Crippen LogP contribution is 2.22. The monoisotopic (exact) mass is 369 g/mol. The topological polar surface area (TPSA) is 39.1 Å². The van der Waals surface area contributed by atoms with Crippen molar-refractivity contribution in [1.29, 1.82) is 0 Å². The third-order valence-corrected chi connectivity index (χ3v) is 4.60. The molecule has 0 bridgehead atoms. The number of aromatic nitrogens is 2. The maximum atomic E-state index is 5.90. The zero-order valence-electron chi connectivity index (χ0n) is 14.9. The summed E-state index contributed by atoms with van der Waals surface area (Å²) in [4.78, 5) is 0. The largest absolute Gasteiger partial charge is 0.375 e. The van der Waals surface area contributed by atoms with E-state index in [-0.39, 0.29) is 12.0 Å². The summed E-state index contributed by atoms with van der Waals surface area (Å²) in [5, 5.41) is 8.74. The number of ether oxygens (including phenoxy) is 1. The molecule has 2 atom stereocenters. The summed E-state index contributed by atoms with van der Waals surface area (Å²) in [6, 6.07) is 21.7. The lowest BCUT2D eigenvalue weighted by atomic mass is 10.0. The summed E-state index contributed by atoms with van der Waals surface area (Å²) in [6.07, 6.45) is 2.17. The second-order valence-corrected chi connectivity index (χ2v) is 6.65. The van der Waals surface area contributed by atoms with Gasteiger partial charge in [-0.2, -0.15) is 5.10 Å². The van der Waals surface area contributed by atoms with E-state index in [9.17, 15) is 0 Å². The van der Waals surface area contributed by atoms with Crippen LogP contribution in [0.5, 0.6) is 0 Å². The Bertz CT molecular complexity index is 741. The maximum absolute atomic E-state index is 5.90. The molecule has 0 aliphatic carbocycles. The van der Waals surface area contributed by atoms with Crippen molar-refractivity contribution in [3.05, 3.63) is 83.6 Å². The van der Waals surface area contributed by atoms with Crippen LogP contribution in [0.2, 0.25) is 5.02 Å². The van der Waals surface area contributed by atoms with Crippen molar-refractivity contribution >= 4 is 11.6 Å². The van der Waals surface area contributed by atoms with Crippen molar-refractivity contribution < 1.29 is 4.74 Å². The molecule has 1 aromatic heterocycles. The number of benzene rings is 2. The molecule has 0 saturated carbocycles. The highest BCUT2D eigenvalue weighted by molar-refractivity contribution is 6.30. The van der Waals surface area contributed by atoms with Crippen molar-refractivity contribution in [1.82, 2.24) is 15.1 Å². The summed E-state index contributed by atoms with van der Waals surface area (Å²) >= 11 is 5.90. The first kappa shape index (κ1) is 18.6. The molecule has 2 unspecified atom stereocenters. The number of nitrogens with one attached hydrogen (secondary N) is 1. The molecule has 0 amide bonds. The zero-order valence-corrected chi connectivity index (χ0v) is 15.6. The summed E-state index contributed by atoms with van der Waals surface area (Å²) < 4.78 is 7.67. The van der Waals surface area contributed by atoms with Gasteiger partial charge in [-0.1, -0.05) is 54.9 Å². The van der Waals surface area contributed by atoms with E-state index >= 15 is 0 Å². The molecule has 4 nitrogen and oxygen atoms in total. The molecule has 2 aromatic carbocycles. The van der Waals surface area contributed by atoms with Crippen molar-refractivity contribution in [3.63, 3.8) is 0 Å². The second kappa shape index (κ2) is 9.53. The minimum absolute atomic E-state index is 0.192. The predicted molar refractivity (Wildman–Crippen MR) is 106 cm³/mol. The molecular formula is C21H24ClN3O. The molecule has 5 heteroatoms. The third-order valence-electron chi connectivity index (χ3n) is 4.35. The smallest absolute Gasteiger partial charge is 0.0781 e. The van der Waals surface area contributed by atoms with Crippen LogP contribution in [0.1, 0.15) is 18.5 Å². The van der Waals surface area contributed by atoms with Gasteiger partial charge in [0.15, 0.2) is 0 Å². The van der Waals surface area contributed by atoms with Gasteiger partial charge in [0.1, 0.15) is 0 Å². The molecule has 1 N–H and O–H groups in total. The van der Waals surface area contributed by atoms with E-state index in [0.717, 1.165) is 36.1 Å². The molecule has 3 aromatic rings. The summed E-state index contributed by atoms with van der Waals surface area (Å²) in [5.74, 6) is 0.274. The van der Waals surface area contributed by atoms with Gasteiger partial charge in [-0.3, -0.25) is 0 Å². The van der Waals surface area contributed by atoms with E-state index in [4.69, 9.17) is 16.3 Å². The molecule has 0 spiro atoms. The molecule has 4 rings (SSSR count). The Balaban J connectivity index is 0.000000278. The second-order valence-electron chi connectivity index (χ2n) is 6.22. The fraction of sp³-hybridized carbons (Fsp3) is 0.286. The number of halogens is 1. The van der Waals surface area contributed by atoms with Crippen LogP contribution in [-0.2, 0) is 4.74 Å². The van der Waals surface area contributed by atoms with E-state index in [1.54, 1.807) is 0 Å². The predicted octanol–water partition coefficient (Wildman–Crippen LogP) is 4.30. The molecular weight excluding hydrogens is 346 g/mol. The van der Waals surface area contributed by atoms with Gasteiger partial charge in [0, 0.05) is 30.2 Å². The van der Waals surface area contributed by atoms with Crippen LogP contribution in [0.4, 0.5) is 0 Å². The normalized spacial score (nSPS) is 17.8. The van der Waals surface area contributed by atoms with Gasteiger partial charge >= 0.3 is 0 Å². The molecule has 1 aliphatic heterocycles. The first-order chi connectivity index (χ1) is 12.7. The van der Waals surface area contributed by atoms with Gasteiger partial charge in [0.2, 0.25) is 0 Å². The maximum Gasteiger partial charge on any atom is 0.0781 e. The Morgan fingerprint density at radius 2 is 1.73 bits per heavy atom. The van der Waals surface area contributed by atoms with Gasteiger partial charge in [-0.05, 0) is 30.3 Å². The first-order valence-electron chi connectivity index (χ1n) is 8.88.